The Kier molecular flexibility index (Phi) is 1.81. The third-order valence-corrected chi connectivity index (χ3v) is 1.49. The summed E-state index contributed by atoms with van der Waals surface area (Å²) in [6, 6.07) is 0. The second kappa shape index (κ2) is 2.42. The highest BCUT2D eigenvalue weighted by Gasteiger charge is 2.31. The molecule has 1 aliphatic heterocycles. The topological polar surface area (TPSA) is 34.3 Å². The molecule has 0 radical (unpaired) electrons. The van der Waals surface area contributed by atoms with E-state index in [1.165, 1.54) is 0 Å². The van der Waals surface area contributed by atoms with E-state index >= 15 is 0 Å². The largest absolute Gasteiger partial charge is 0.539 e. The van der Waals surface area contributed by atoms with E-state index in [0.29, 0.717) is 0 Å². The average Bonchev–Trinajstić information content (AvgIpc) is 2.42. The first-order chi connectivity index (χ1) is 3.43. The summed E-state index contributed by atoms with van der Waals surface area (Å²) in [4.78, 5) is 0. The highest BCUT2D eigenvalue weighted by molar-refractivity contribution is 6.41. The van der Waals surface area contributed by atoms with Crippen LogP contribution in [0.25, 0.3) is 0 Å². The molecule has 42 valence electrons. The van der Waals surface area contributed by atoms with E-state index in [-0.39, 0.29) is 0 Å². The lowest BCUT2D eigenvalue weighted by Gasteiger charge is -1.87. The molecule has 1 rings (SSSR count). The maximum absolute atomic E-state index is 5.00. The lowest BCUT2D eigenvalue weighted by Crippen LogP contribution is -1.99. The maximum atomic E-state index is 5.00. The van der Waals surface area contributed by atoms with Crippen molar-refractivity contribution in [1.29, 1.82) is 0 Å². The monoisotopic (exact) mass is 120 g/mol. The van der Waals surface area contributed by atoms with Crippen molar-refractivity contribution in [3.05, 3.63) is 0 Å². The van der Waals surface area contributed by atoms with Gasteiger partial charge in [-0.2, -0.15) is 0 Å². The van der Waals surface area contributed by atoms with Gasteiger partial charge in [-0.15, -0.1) is 0 Å². The zero-order chi connectivity index (χ0) is 5.11. The zero-order valence-electron chi connectivity index (χ0n) is 4.22. The third kappa shape index (κ3) is 2.03. The Bertz CT molecular complexity index is 54.1. The first kappa shape index (κ1) is 5.24. The van der Waals surface area contributed by atoms with Gasteiger partial charge in [0.2, 0.25) is 0 Å². The van der Waals surface area contributed by atoms with E-state index in [4.69, 9.17) is 4.43 Å². The lowest BCUT2D eigenvalue weighted by molar-refractivity contribution is 0.0850. The SMILES string of the molecule is CCCO[SiH]1OO1. The normalized spacial score (nSPS) is 20.1. The molecule has 0 aromatic carbocycles. The number of hydrogen-bond acceptors (Lipinski definition) is 3. The van der Waals surface area contributed by atoms with E-state index in [1.54, 1.807) is 0 Å². The Morgan fingerprint density at radius 2 is 2.29 bits per heavy atom. The van der Waals surface area contributed by atoms with Crippen molar-refractivity contribution in [2.45, 2.75) is 13.3 Å². The van der Waals surface area contributed by atoms with Crippen LogP contribution in [0.4, 0.5) is 0 Å². The Morgan fingerprint density at radius 1 is 1.57 bits per heavy atom. The summed E-state index contributed by atoms with van der Waals surface area (Å²) in [5.41, 5.74) is 0. The van der Waals surface area contributed by atoms with Crippen LogP contribution in [0.2, 0.25) is 0 Å². The Balaban J connectivity index is 1.80. The van der Waals surface area contributed by atoms with E-state index < -0.39 is 9.53 Å². The second-order valence-electron chi connectivity index (χ2n) is 1.35. The van der Waals surface area contributed by atoms with Crippen LogP contribution in [0, 0.1) is 0 Å². The van der Waals surface area contributed by atoms with Crippen LogP contribution in [-0.2, 0) is 13.6 Å². The van der Waals surface area contributed by atoms with Gasteiger partial charge in [0.25, 0.3) is 0 Å². The predicted molar refractivity (Wildman–Crippen MR) is 25.6 cm³/mol. The highest BCUT2D eigenvalue weighted by Crippen LogP contribution is 2.06. The molecule has 1 fully saturated rings. The van der Waals surface area contributed by atoms with Crippen LogP contribution in [0.3, 0.4) is 0 Å². The van der Waals surface area contributed by atoms with Gasteiger partial charge in [0.15, 0.2) is 0 Å². The summed E-state index contributed by atoms with van der Waals surface area (Å²) >= 11 is 0. The van der Waals surface area contributed by atoms with Gasteiger partial charge in [0, 0.05) is 6.61 Å². The fourth-order valence-corrected chi connectivity index (χ4v) is 1.01. The molecule has 4 heteroatoms. The van der Waals surface area contributed by atoms with Crippen LogP contribution in [0.5, 0.6) is 0 Å². The van der Waals surface area contributed by atoms with Gasteiger partial charge < -0.3 is 4.43 Å². The Labute approximate surface area is 44.1 Å². The molecule has 0 unspecified atom stereocenters. The average molecular weight is 120 g/mol. The van der Waals surface area contributed by atoms with Crippen molar-refractivity contribution in [3.63, 3.8) is 0 Å². The molecular formula is C3H8O3Si. The van der Waals surface area contributed by atoms with Crippen LogP contribution in [0.15, 0.2) is 0 Å². The van der Waals surface area contributed by atoms with Gasteiger partial charge >= 0.3 is 9.53 Å². The quantitative estimate of drug-likeness (QED) is 0.301. The van der Waals surface area contributed by atoms with Crippen LogP contribution in [0.1, 0.15) is 13.3 Å². The molecule has 0 atom stereocenters. The Hall–Kier alpha value is 0.0969. The van der Waals surface area contributed by atoms with Crippen molar-refractivity contribution in [3.8, 4) is 0 Å². The van der Waals surface area contributed by atoms with Crippen LogP contribution >= 0.6 is 0 Å². The molecule has 0 aliphatic carbocycles. The van der Waals surface area contributed by atoms with Gasteiger partial charge in [0.1, 0.15) is 0 Å². The molecule has 3 nitrogen and oxygen atoms in total. The molecule has 7 heavy (non-hydrogen) atoms. The molecular weight excluding hydrogens is 112 g/mol. The van der Waals surface area contributed by atoms with Gasteiger partial charge in [0.05, 0.1) is 0 Å². The van der Waals surface area contributed by atoms with Crippen molar-refractivity contribution in [1.82, 2.24) is 0 Å². The van der Waals surface area contributed by atoms with Crippen molar-refractivity contribution < 1.29 is 13.6 Å². The van der Waals surface area contributed by atoms with Crippen molar-refractivity contribution >= 4 is 9.53 Å². The zero-order valence-corrected chi connectivity index (χ0v) is 5.37. The third-order valence-electron chi connectivity index (χ3n) is 0.633. The second-order valence-corrected chi connectivity index (χ2v) is 2.65. The number of rotatable bonds is 3. The lowest BCUT2D eigenvalue weighted by atomic mass is 10.5. The molecule has 0 saturated carbocycles. The summed E-state index contributed by atoms with van der Waals surface area (Å²) in [6.45, 7) is 2.83. The van der Waals surface area contributed by atoms with Crippen molar-refractivity contribution in [2.24, 2.45) is 0 Å². The fraction of sp³-hybridized carbons (Fsp3) is 1.00. The summed E-state index contributed by atoms with van der Waals surface area (Å²) < 4.78 is 13.9. The highest BCUT2D eigenvalue weighted by atomic mass is 28.3. The molecule has 0 amide bonds. The first-order valence-electron chi connectivity index (χ1n) is 2.37. The van der Waals surface area contributed by atoms with Gasteiger partial charge in [-0.3, -0.25) is 0 Å². The molecule has 1 aliphatic rings. The molecule has 1 heterocycles. The standard InChI is InChI=1S/C3H8O3Si/c1-2-3-4-7-5-6-7/h7H,2-3H2,1H3. The minimum absolute atomic E-state index is 0.775. The fourth-order valence-electron chi connectivity index (χ4n) is 0.292. The molecule has 0 aromatic heterocycles. The van der Waals surface area contributed by atoms with E-state index in [0.717, 1.165) is 13.0 Å². The molecule has 0 spiro atoms. The molecule has 1 saturated heterocycles. The maximum Gasteiger partial charge on any atom is 0.539 e. The summed E-state index contributed by atoms with van der Waals surface area (Å²) in [6.07, 6.45) is 1.04. The van der Waals surface area contributed by atoms with Gasteiger partial charge in [-0.1, -0.05) is 6.92 Å². The first-order valence-corrected chi connectivity index (χ1v) is 3.78. The van der Waals surface area contributed by atoms with Crippen molar-refractivity contribution in [2.75, 3.05) is 6.61 Å². The van der Waals surface area contributed by atoms with E-state index in [1.807, 2.05) is 0 Å². The summed E-state index contributed by atoms with van der Waals surface area (Å²) in [5.74, 6) is 0. The minimum Gasteiger partial charge on any atom is -0.373 e. The van der Waals surface area contributed by atoms with E-state index in [9.17, 15) is 0 Å². The summed E-state index contributed by atoms with van der Waals surface area (Å²) in [5, 5.41) is 0. The summed E-state index contributed by atoms with van der Waals surface area (Å²) in [7, 11) is -1.44. The molecule has 0 aromatic rings. The smallest absolute Gasteiger partial charge is 0.373 e. The predicted octanol–water partition coefficient (Wildman–Crippen LogP) is 0.0920. The Morgan fingerprint density at radius 3 is 2.71 bits per heavy atom. The van der Waals surface area contributed by atoms with Gasteiger partial charge in [-0.25, -0.2) is 9.15 Å². The van der Waals surface area contributed by atoms with Crippen LogP contribution in [-0.4, -0.2) is 16.1 Å². The van der Waals surface area contributed by atoms with Gasteiger partial charge in [-0.05, 0) is 6.42 Å². The minimum atomic E-state index is -1.44. The number of hydrogen-bond donors (Lipinski definition) is 0. The van der Waals surface area contributed by atoms with Crippen LogP contribution < -0.4 is 0 Å². The van der Waals surface area contributed by atoms with E-state index in [2.05, 4.69) is 16.1 Å². The molecule has 0 bridgehead atoms. The molecule has 0 N–H and O–H groups in total.